The fourth-order valence-corrected chi connectivity index (χ4v) is 3.00. The lowest BCUT2D eigenvalue weighted by atomic mass is 9.66. The van der Waals surface area contributed by atoms with Gasteiger partial charge in [-0.1, -0.05) is 20.4 Å². The first-order valence-electron chi connectivity index (χ1n) is 5.12. The van der Waals surface area contributed by atoms with E-state index in [0.717, 1.165) is 5.70 Å². The molecule has 4 heteroatoms. The van der Waals surface area contributed by atoms with Gasteiger partial charge in [0.25, 0.3) is 5.92 Å². The Bertz CT molecular complexity index is 292. The van der Waals surface area contributed by atoms with Crippen LogP contribution in [0.25, 0.3) is 0 Å². The second-order valence-electron chi connectivity index (χ2n) is 5.04. The second-order valence-corrected chi connectivity index (χ2v) is 5.04. The third-order valence-electron chi connectivity index (χ3n) is 4.23. The number of nitrogens with zero attached hydrogens (tertiary/aromatic N) is 1. The van der Waals surface area contributed by atoms with Crippen molar-refractivity contribution < 1.29 is 8.78 Å². The number of fused-ring (bicyclic) bond motifs is 1. The lowest BCUT2D eigenvalue weighted by Gasteiger charge is -2.32. The van der Waals surface area contributed by atoms with Crippen LogP contribution >= 0.6 is 0 Å². The van der Waals surface area contributed by atoms with Gasteiger partial charge in [0.15, 0.2) is 0 Å². The van der Waals surface area contributed by atoms with E-state index < -0.39 is 5.92 Å². The highest BCUT2D eigenvalue weighted by Crippen LogP contribution is 2.52. The maximum atomic E-state index is 13.3. The summed E-state index contributed by atoms with van der Waals surface area (Å²) in [6, 6.07) is 0. The molecule has 2 aliphatic heterocycles. The minimum absolute atomic E-state index is 0.0233. The average molecular weight is 199 g/mol. The zero-order valence-corrected chi connectivity index (χ0v) is 8.98. The molecule has 0 amide bonds. The van der Waals surface area contributed by atoms with E-state index >= 15 is 0 Å². The number of allylic oxidation sites excluding steroid dienone is 1. The average Bonchev–Trinajstić information content (AvgIpc) is 2.39. The standard InChI is InChI=1S/C10H16BF2N/c1-6-7(2)10(11)4-9(12,13)5-14(10)8(6)3/h6-7H,3-5,11H2,1-2H3. The van der Waals surface area contributed by atoms with E-state index in [9.17, 15) is 8.78 Å². The summed E-state index contributed by atoms with van der Waals surface area (Å²) in [5.41, 5.74) is 0.511. The molecule has 2 rings (SSSR count). The minimum Gasteiger partial charge on any atom is -0.371 e. The van der Waals surface area contributed by atoms with Crippen LogP contribution in [-0.2, 0) is 0 Å². The molecule has 0 radical (unpaired) electrons. The molecule has 0 spiro atoms. The molecular formula is C10H16BF2N. The molecule has 2 fully saturated rings. The predicted molar refractivity (Wildman–Crippen MR) is 55.0 cm³/mol. The first-order chi connectivity index (χ1) is 6.28. The Morgan fingerprint density at radius 2 is 2.07 bits per heavy atom. The molecule has 0 bridgehead atoms. The van der Waals surface area contributed by atoms with Crippen LogP contribution in [0.15, 0.2) is 12.3 Å². The Labute approximate surface area is 84.6 Å². The summed E-state index contributed by atoms with van der Waals surface area (Å²) in [6.07, 6.45) is -0.0233. The minimum atomic E-state index is -2.54. The molecule has 2 aliphatic rings. The molecule has 78 valence electrons. The normalized spacial score (nSPS) is 45.7. The molecule has 2 heterocycles. The Morgan fingerprint density at radius 1 is 1.50 bits per heavy atom. The van der Waals surface area contributed by atoms with Gasteiger partial charge in [0, 0.05) is 17.6 Å². The number of halogens is 2. The van der Waals surface area contributed by atoms with E-state index in [1.54, 1.807) is 0 Å². The van der Waals surface area contributed by atoms with Gasteiger partial charge in [0.2, 0.25) is 0 Å². The molecular weight excluding hydrogens is 183 g/mol. The van der Waals surface area contributed by atoms with Gasteiger partial charge in [-0.25, -0.2) is 8.78 Å². The third kappa shape index (κ3) is 1.06. The summed E-state index contributed by atoms with van der Waals surface area (Å²) in [4.78, 5) is 1.82. The molecule has 0 aromatic carbocycles. The smallest absolute Gasteiger partial charge is 0.266 e. The highest BCUT2D eigenvalue weighted by molar-refractivity contribution is 6.16. The van der Waals surface area contributed by atoms with Crippen molar-refractivity contribution in [2.24, 2.45) is 11.8 Å². The lowest BCUT2D eigenvalue weighted by molar-refractivity contribution is 0.0105. The Balaban J connectivity index is 2.37. The van der Waals surface area contributed by atoms with Crippen LogP contribution in [0.5, 0.6) is 0 Å². The Kier molecular flexibility index (Phi) is 1.80. The topological polar surface area (TPSA) is 3.24 Å². The van der Waals surface area contributed by atoms with Crippen molar-refractivity contribution in [2.45, 2.75) is 31.6 Å². The van der Waals surface area contributed by atoms with Gasteiger partial charge in [0.1, 0.15) is 7.85 Å². The largest absolute Gasteiger partial charge is 0.371 e. The maximum absolute atomic E-state index is 13.3. The predicted octanol–water partition coefficient (Wildman–Crippen LogP) is 1.46. The summed E-state index contributed by atoms with van der Waals surface area (Å²) in [6.45, 7) is 7.92. The Hall–Kier alpha value is -0.535. The summed E-state index contributed by atoms with van der Waals surface area (Å²) < 4.78 is 26.6. The van der Waals surface area contributed by atoms with Crippen LogP contribution < -0.4 is 0 Å². The SMILES string of the molecule is BC12CC(F)(F)CN1C(=C)C(C)C2C. The van der Waals surface area contributed by atoms with E-state index in [1.807, 2.05) is 12.7 Å². The van der Waals surface area contributed by atoms with Crippen LogP contribution in [0.4, 0.5) is 8.78 Å². The van der Waals surface area contributed by atoms with Gasteiger partial charge < -0.3 is 4.90 Å². The molecule has 0 aliphatic carbocycles. The molecule has 0 N–H and O–H groups in total. The molecule has 3 unspecified atom stereocenters. The molecule has 0 aromatic heterocycles. The van der Waals surface area contributed by atoms with Crippen LogP contribution in [0.1, 0.15) is 20.3 Å². The number of hydrogen-bond acceptors (Lipinski definition) is 1. The lowest BCUT2D eigenvalue weighted by Crippen LogP contribution is -2.42. The molecule has 1 nitrogen and oxygen atoms in total. The van der Waals surface area contributed by atoms with Crippen molar-refractivity contribution >= 4 is 7.85 Å². The number of alkyl halides is 2. The van der Waals surface area contributed by atoms with E-state index in [0.29, 0.717) is 5.92 Å². The number of rotatable bonds is 0. The van der Waals surface area contributed by atoms with Crippen LogP contribution in [-0.4, -0.2) is 30.7 Å². The second kappa shape index (κ2) is 2.53. The molecule has 3 atom stereocenters. The molecule has 0 saturated carbocycles. The van der Waals surface area contributed by atoms with Crippen LogP contribution in [0, 0.1) is 11.8 Å². The van der Waals surface area contributed by atoms with Gasteiger partial charge in [-0.2, -0.15) is 0 Å². The van der Waals surface area contributed by atoms with E-state index in [-0.39, 0.29) is 24.3 Å². The van der Waals surface area contributed by atoms with Crippen molar-refractivity contribution in [3.8, 4) is 0 Å². The van der Waals surface area contributed by atoms with Crippen molar-refractivity contribution in [1.29, 1.82) is 0 Å². The highest BCUT2D eigenvalue weighted by Gasteiger charge is 2.59. The van der Waals surface area contributed by atoms with Crippen molar-refractivity contribution in [3.63, 3.8) is 0 Å². The van der Waals surface area contributed by atoms with Gasteiger partial charge in [0.05, 0.1) is 6.54 Å². The molecule has 0 aromatic rings. The third-order valence-corrected chi connectivity index (χ3v) is 4.23. The Morgan fingerprint density at radius 3 is 2.57 bits per heavy atom. The van der Waals surface area contributed by atoms with E-state index in [4.69, 9.17) is 0 Å². The monoisotopic (exact) mass is 199 g/mol. The van der Waals surface area contributed by atoms with Gasteiger partial charge in [-0.05, 0) is 11.8 Å². The fraction of sp³-hybridized carbons (Fsp3) is 0.800. The van der Waals surface area contributed by atoms with Gasteiger partial charge >= 0.3 is 0 Å². The number of hydrogen-bond donors (Lipinski definition) is 0. The van der Waals surface area contributed by atoms with Gasteiger partial charge in [-0.3, -0.25) is 0 Å². The summed E-state index contributed by atoms with van der Waals surface area (Å²) in [7, 11) is 1.94. The fourth-order valence-electron chi connectivity index (χ4n) is 3.00. The van der Waals surface area contributed by atoms with Crippen LogP contribution in [0.2, 0.25) is 0 Å². The quantitative estimate of drug-likeness (QED) is 0.534. The van der Waals surface area contributed by atoms with Crippen molar-refractivity contribution in [2.75, 3.05) is 6.54 Å². The maximum Gasteiger partial charge on any atom is 0.266 e. The first-order valence-corrected chi connectivity index (χ1v) is 5.12. The van der Waals surface area contributed by atoms with E-state index in [2.05, 4.69) is 20.4 Å². The van der Waals surface area contributed by atoms with Gasteiger partial charge in [-0.15, -0.1) is 0 Å². The van der Waals surface area contributed by atoms with E-state index in [1.165, 1.54) is 0 Å². The molecule has 2 saturated heterocycles. The zero-order valence-electron chi connectivity index (χ0n) is 8.98. The summed E-state index contributed by atoms with van der Waals surface area (Å²) in [5.74, 6) is -1.94. The zero-order chi connectivity index (χ0) is 10.7. The van der Waals surface area contributed by atoms with Crippen LogP contribution in [0.3, 0.4) is 0 Å². The molecule has 14 heavy (non-hydrogen) atoms. The van der Waals surface area contributed by atoms with Crippen molar-refractivity contribution in [1.82, 2.24) is 4.90 Å². The van der Waals surface area contributed by atoms with Crippen molar-refractivity contribution in [3.05, 3.63) is 12.3 Å². The summed E-state index contributed by atoms with van der Waals surface area (Å²) in [5, 5.41) is 0. The summed E-state index contributed by atoms with van der Waals surface area (Å²) >= 11 is 0. The first kappa shape index (κ1) is 10.00. The highest BCUT2D eigenvalue weighted by atomic mass is 19.3.